The van der Waals surface area contributed by atoms with Crippen molar-refractivity contribution in [1.82, 2.24) is 0 Å². The molecule has 0 heterocycles. The van der Waals surface area contributed by atoms with Crippen molar-refractivity contribution in [3.63, 3.8) is 0 Å². The number of hydrogen-bond donors (Lipinski definition) is 1. The molecule has 21 heavy (non-hydrogen) atoms. The van der Waals surface area contributed by atoms with Gasteiger partial charge in [0, 0.05) is 25.2 Å². The number of Topliss-reactive ketones (excluding diaryl/α,β-unsaturated/α-hetero) is 1. The predicted octanol–water partition coefficient (Wildman–Crippen LogP) is 3.32. The van der Waals surface area contributed by atoms with E-state index in [0.717, 1.165) is 12.8 Å². The molecular formula is C17H24O4. The summed E-state index contributed by atoms with van der Waals surface area (Å²) in [6, 6.07) is 0. The average molecular weight is 292 g/mol. The first kappa shape index (κ1) is 17.3. The van der Waals surface area contributed by atoms with Crippen LogP contribution in [0, 0.1) is 11.8 Å². The number of carbonyl (C=O) groups is 3. The summed E-state index contributed by atoms with van der Waals surface area (Å²) in [4.78, 5) is 33.8. The highest BCUT2D eigenvalue weighted by Crippen LogP contribution is 2.32. The minimum absolute atomic E-state index is 0.0586. The second-order valence-electron chi connectivity index (χ2n) is 5.49. The Hall–Kier alpha value is -1.71. The molecule has 1 fully saturated rings. The average Bonchev–Trinajstić information content (AvgIpc) is 2.77. The Morgan fingerprint density at radius 2 is 2.05 bits per heavy atom. The van der Waals surface area contributed by atoms with Crippen molar-refractivity contribution in [3.8, 4) is 0 Å². The first-order valence-electron chi connectivity index (χ1n) is 7.65. The second-order valence-corrected chi connectivity index (χ2v) is 5.49. The normalized spacial score (nSPS) is 22.4. The van der Waals surface area contributed by atoms with E-state index >= 15 is 0 Å². The van der Waals surface area contributed by atoms with Crippen molar-refractivity contribution in [1.29, 1.82) is 0 Å². The molecule has 0 aromatic carbocycles. The van der Waals surface area contributed by atoms with Crippen LogP contribution < -0.4 is 0 Å². The van der Waals surface area contributed by atoms with Crippen molar-refractivity contribution in [2.45, 2.75) is 51.9 Å². The quantitative estimate of drug-likeness (QED) is 0.522. The van der Waals surface area contributed by atoms with Gasteiger partial charge in [-0.1, -0.05) is 25.2 Å². The lowest BCUT2D eigenvalue weighted by Gasteiger charge is -2.12. The molecule has 0 aromatic heterocycles. The third kappa shape index (κ3) is 6.52. The third-order valence-electron chi connectivity index (χ3n) is 3.76. The van der Waals surface area contributed by atoms with E-state index < -0.39 is 5.97 Å². The van der Waals surface area contributed by atoms with Crippen molar-refractivity contribution in [2.75, 3.05) is 0 Å². The molecule has 1 saturated carbocycles. The van der Waals surface area contributed by atoms with Crippen LogP contribution in [0.2, 0.25) is 0 Å². The Balaban J connectivity index is 2.47. The van der Waals surface area contributed by atoms with Gasteiger partial charge in [0.2, 0.25) is 0 Å². The number of hydrogen-bond acceptors (Lipinski definition) is 3. The summed E-state index contributed by atoms with van der Waals surface area (Å²) in [5, 5.41) is 8.55. The Bertz CT molecular complexity index is 434. The Morgan fingerprint density at radius 1 is 1.29 bits per heavy atom. The minimum Gasteiger partial charge on any atom is -0.481 e. The van der Waals surface area contributed by atoms with Gasteiger partial charge < -0.3 is 5.11 Å². The van der Waals surface area contributed by atoms with Crippen LogP contribution in [0.15, 0.2) is 24.3 Å². The first-order valence-corrected chi connectivity index (χ1v) is 7.65. The van der Waals surface area contributed by atoms with Crippen molar-refractivity contribution in [2.24, 2.45) is 11.8 Å². The lowest BCUT2D eigenvalue weighted by Crippen LogP contribution is -2.12. The van der Waals surface area contributed by atoms with Gasteiger partial charge >= 0.3 is 5.97 Å². The summed E-state index contributed by atoms with van der Waals surface area (Å²) in [5.74, 6) is -0.367. The molecular weight excluding hydrogens is 268 g/mol. The molecule has 0 saturated heterocycles. The lowest BCUT2D eigenvalue weighted by molar-refractivity contribution is -0.137. The molecule has 2 unspecified atom stereocenters. The highest BCUT2D eigenvalue weighted by atomic mass is 16.4. The van der Waals surface area contributed by atoms with E-state index in [1.165, 1.54) is 0 Å². The zero-order valence-corrected chi connectivity index (χ0v) is 12.6. The van der Waals surface area contributed by atoms with Gasteiger partial charge in [0.25, 0.3) is 0 Å². The molecule has 4 nitrogen and oxygen atoms in total. The summed E-state index contributed by atoms with van der Waals surface area (Å²) >= 11 is 0. The van der Waals surface area contributed by atoms with E-state index in [4.69, 9.17) is 5.11 Å². The molecule has 0 spiro atoms. The van der Waals surface area contributed by atoms with Gasteiger partial charge in [-0.3, -0.25) is 14.4 Å². The fraction of sp³-hybridized carbons (Fsp3) is 0.588. The number of allylic oxidation sites excluding steroid dienone is 4. The zero-order valence-electron chi connectivity index (χ0n) is 12.6. The molecule has 0 aromatic rings. The van der Waals surface area contributed by atoms with Crippen LogP contribution in [0.25, 0.3) is 0 Å². The smallest absolute Gasteiger partial charge is 0.303 e. The lowest BCUT2D eigenvalue weighted by atomic mass is 9.91. The van der Waals surface area contributed by atoms with Crippen LogP contribution in [-0.2, 0) is 14.4 Å². The molecule has 1 aliphatic carbocycles. The van der Waals surface area contributed by atoms with Crippen LogP contribution in [0.1, 0.15) is 51.9 Å². The number of rotatable bonds is 9. The summed E-state index contributed by atoms with van der Waals surface area (Å²) in [5.41, 5.74) is 0. The highest BCUT2D eigenvalue weighted by molar-refractivity contribution is 5.90. The number of carboxylic acid groups (broad SMARTS) is 1. The van der Waals surface area contributed by atoms with Crippen LogP contribution >= 0.6 is 0 Å². The van der Waals surface area contributed by atoms with Crippen LogP contribution in [0.5, 0.6) is 0 Å². The molecule has 116 valence electrons. The van der Waals surface area contributed by atoms with E-state index in [2.05, 4.69) is 0 Å². The van der Waals surface area contributed by atoms with Gasteiger partial charge in [-0.2, -0.15) is 0 Å². The SMILES string of the molecule is CCCC(=O)/C=C/C1CCC(=O)C1C/C=C/CCC(=O)O. The van der Waals surface area contributed by atoms with E-state index in [0.29, 0.717) is 25.7 Å². The third-order valence-corrected chi connectivity index (χ3v) is 3.76. The molecule has 0 radical (unpaired) electrons. The van der Waals surface area contributed by atoms with E-state index in [-0.39, 0.29) is 29.8 Å². The van der Waals surface area contributed by atoms with Crippen LogP contribution in [-0.4, -0.2) is 22.6 Å². The maximum absolute atomic E-state index is 11.9. The maximum Gasteiger partial charge on any atom is 0.303 e. The van der Waals surface area contributed by atoms with Crippen molar-refractivity contribution < 1.29 is 19.5 Å². The van der Waals surface area contributed by atoms with Gasteiger partial charge in [-0.15, -0.1) is 0 Å². The second kappa shape index (κ2) is 9.27. The molecule has 0 amide bonds. The topological polar surface area (TPSA) is 71.4 Å². The van der Waals surface area contributed by atoms with Crippen molar-refractivity contribution >= 4 is 17.5 Å². The van der Waals surface area contributed by atoms with Crippen LogP contribution in [0.4, 0.5) is 0 Å². The zero-order chi connectivity index (χ0) is 15.7. The largest absolute Gasteiger partial charge is 0.481 e. The monoisotopic (exact) mass is 292 g/mol. The Labute approximate surface area is 125 Å². The van der Waals surface area contributed by atoms with E-state index in [1.807, 2.05) is 25.2 Å². The molecule has 1 aliphatic rings. The van der Waals surface area contributed by atoms with E-state index in [9.17, 15) is 14.4 Å². The molecule has 2 atom stereocenters. The van der Waals surface area contributed by atoms with Gasteiger partial charge in [-0.05, 0) is 37.7 Å². The molecule has 1 rings (SSSR count). The predicted molar refractivity (Wildman–Crippen MR) is 80.9 cm³/mol. The fourth-order valence-corrected chi connectivity index (χ4v) is 2.60. The molecule has 0 aliphatic heterocycles. The standard InChI is InChI=1S/C17H24O4/c1-2-6-14(18)11-9-13-10-12-16(19)15(13)7-4-3-5-8-17(20)21/h3-4,9,11,13,15H,2,5-8,10,12H2,1H3,(H,20,21)/b4-3+,11-9+. The minimum atomic E-state index is -0.813. The van der Waals surface area contributed by atoms with Gasteiger partial charge in [0.15, 0.2) is 5.78 Å². The summed E-state index contributed by atoms with van der Waals surface area (Å²) in [6.07, 6.45) is 11.2. The Morgan fingerprint density at radius 3 is 2.71 bits per heavy atom. The van der Waals surface area contributed by atoms with E-state index in [1.54, 1.807) is 6.08 Å². The van der Waals surface area contributed by atoms with Gasteiger partial charge in [-0.25, -0.2) is 0 Å². The molecule has 0 bridgehead atoms. The summed E-state index contributed by atoms with van der Waals surface area (Å²) in [7, 11) is 0. The van der Waals surface area contributed by atoms with Crippen molar-refractivity contribution in [3.05, 3.63) is 24.3 Å². The number of aliphatic carboxylic acids is 1. The highest BCUT2D eigenvalue weighted by Gasteiger charge is 2.31. The number of carbonyl (C=O) groups excluding carboxylic acids is 2. The van der Waals surface area contributed by atoms with Gasteiger partial charge in [0.1, 0.15) is 5.78 Å². The summed E-state index contributed by atoms with van der Waals surface area (Å²) in [6.45, 7) is 1.97. The fourth-order valence-electron chi connectivity index (χ4n) is 2.60. The van der Waals surface area contributed by atoms with Crippen LogP contribution in [0.3, 0.4) is 0 Å². The van der Waals surface area contributed by atoms with Gasteiger partial charge in [0.05, 0.1) is 0 Å². The number of carboxylic acids is 1. The summed E-state index contributed by atoms with van der Waals surface area (Å²) < 4.78 is 0. The molecule has 4 heteroatoms. The Kier molecular flexibility index (Phi) is 7.65. The maximum atomic E-state index is 11.9. The first-order chi connectivity index (χ1) is 10.0. The number of ketones is 2. The molecule has 1 N–H and O–H groups in total.